The number of carboxylic acids is 1. The molecule has 6 heteroatoms. The number of carbonyl (C=O) groups excluding carboxylic acids is 1. The summed E-state index contributed by atoms with van der Waals surface area (Å²) in [7, 11) is 0. The molecule has 1 aliphatic heterocycles. The summed E-state index contributed by atoms with van der Waals surface area (Å²) in [4.78, 5) is 24.7. The van der Waals surface area contributed by atoms with Gasteiger partial charge in [0.25, 0.3) is 0 Å². The SMILES string of the molecule is CC(C)(C)OC(=O)N1Cc2csc(C(=O)O)c2C1. The Kier molecular flexibility index (Phi) is 3.06. The minimum atomic E-state index is -0.938. The number of amides is 1. The lowest BCUT2D eigenvalue weighted by Crippen LogP contribution is -2.33. The zero-order chi connectivity index (χ0) is 13.5. The summed E-state index contributed by atoms with van der Waals surface area (Å²) in [6.07, 6.45) is -0.403. The number of carboxylic acid groups (broad SMARTS) is 1. The predicted octanol–water partition coefficient (Wildman–Crippen LogP) is 2.70. The van der Waals surface area contributed by atoms with E-state index in [4.69, 9.17) is 9.84 Å². The summed E-state index contributed by atoms with van der Waals surface area (Å²) in [6.45, 7) is 6.15. The summed E-state index contributed by atoms with van der Waals surface area (Å²) in [5, 5.41) is 10.8. The Bertz CT molecular complexity index is 501. The first-order valence-corrected chi connectivity index (χ1v) is 6.46. The van der Waals surface area contributed by atoms with Crippen LogP contribution in [0.3, 0.4) is 0 Å². The molecule has 5 nitrogen and oxygen atoms in total. The third-order valence-electron chi connectivity index (χ3n) is 2.54. The van der Waals surface area contributed by atoms with E-state index in [0.29, 0.717) is 18.0 Å². The van der Waals surface area contributed by atoms with Crippen LogP contribution in [0.1, 0.15) is 41.6 Å². The van der Waals surface area contributed by atoms with Crippen molar-refractivity contribution in [1.29, 1.82) is 0 Å². The van der Waals surface area contributed by atoms with Crippen molar-refractivity contribution in [3.63, 3.8) is 0 Å². The zero-order valence-corrected chi connectivity index (χ0v) is 11.3. The minimum absolute atomic E-state index is 0.315. The number of thiophene rings is 1. The smallest absolute Gasteiger partial charge is 0.410 e. The summed E-state index contributed by atoms with van der Waals surface area (Å²) < 4.78 is 5.27. The molecular weight excluding hydrogens is 254 g/mol. The normalized spacial score (nSPS) is 14.5. The molecular formula is C12H15NO4S. The fourth-order valence-electron chi connectivity index (χ4n) is 1.81. The Hall–Kier alpha value is -1.56. The van der Waals surface area contributed by atoms with Gasteiger partial charge in [0.2, 0.25) is 0 Å². The lowest BCUT2D eigenvalue weighted by Gasteiger charge is -2.24. The predicted molar refractivity (Wildman–Crippen MR) is 66.8 cm³/mol. The molecule has 0 saturated heterocycles. The van der Waals surface area contributed by atoms with Crippen LogP contribution < -0.4 is 0 Å². The van der Waals surface area contributed by atoms with E-state index in [-0.39, 0.29) is 0 Å². The zero-order valence-electron chi connectivity index (χ0n) is 10.5. The summed E-state index contributed by atoms with van der Waals surface area (Å²) >= 11 is 1.21. The first kappa shape index (κ1) is 12.9. The molecule has 0 unspecified atom stereocenters. The van der Waals surface area contributed by atoms with Crippen molar-refractivity contribution in [3.05, 3.63) is 21.4 Å². The number of carbonyl (C=O) groups is 2. The molecule has 1 aromatic heterocycles. The Morgan fingerprint density at radius 1 is 1.39 bits per heavy atom. The van der Waals surface area contributed by atoms with E-state index in [9.17, 15) is 9.59 Å². The van der Waals surface area contributed by atoms with Crippen LogP contribution in [0.25, 0.3) is 0 Å². The molecule has 2 heterocycles. The van der Waals surface area contributed by atoms with Crippen LogP contribution in [0.2, 0.25) is 0 Å². The van der Waals surface area contributed by atoms with Gasteiger partial charge in [-0.2, -0.15) is 0 Å². The highest BCUT2D eigenvalue weighted by Crippen LogP contribution is 2.31. The molecule has 0 saturated carbocycles. The third-order valence-corrected chi connectivity index (χ3v) is 3.60. The van der Waals surface area contributed by atoms with Gasteiger partial charge in [0.05, 0.1) is 13.1 Å². The fourth-order valence-corrected chi connectivity index (χ4v) is 2.73. The third kappa shape index (κ3) is 2.48. The quantitative estimate of drug-likeness (QED) is 0.851. The van der Waals surface area contributed by atoms with Crippen molar-refractivity contribution in [3.8, 4) is 0 Å². The largest absolute Gasteiger partial charge is 0.477 e. The van der Waals surface area contributed by atoms with Gasteiger partial charge in [0.15, 0.2) is 0 Å². The molecule has 0 aromatic carbocycles. The Labute approximate surface area is 109 Å². The van der Waals surface area contributed by atoms with Crippen LogP contribution in [0, 0.1) is 0 Å². The van der Waals surface area contributed by atoms with E-state index >= 15 is 0 Å². The highest BCUT2D eigenvalue weighted by molar-refractivity contribution is 7.12. The van der Waals surface area contributed by atoms with Crippen molar-refractivity contribution >= 4 is 23.4 Å². The summed E-state index contributed by atoms with van der Waals surface area (Å²) in [5.74, 6) is -0.938. The van der Waals surface area contributed by atoms with Crippen LogP contribution >= 0.6 is 11.3 Å². The Morgan fingerprint density at radius 3 is 2.61 bits per heavy atom. The average molecular weight is 269 g/mol. The lowest BCUT2D eigenvalue weighted by atomic mass is 10.2. The maximum absolute atomic E-state index is 11.9. The van der Waals surface area contributed by atoms with Gasteiger partial charge in [-0.1, -0.05) is 0 Å². The standard InChI is InChI=1S/C12H15NO4S/c1-12(2,3)17-11(16)13-4-7-6-18-9(10(14)15)8(7)5-13/h6H,4-5H2,1-3H3,(H,14,15). The lowest BCUT2D eigenvalue weighted by molar-refractivity contribution is 0.0240. The average Bonchev–Trinajstić information content (AvgIpc) is 2.70. The van der Waals surface area contributed by atoms with Gasteiger partial charge in [-0.15, -0.1) is 11.3 Å². The van der Waals surface area contributed by atoms with Crippen LogP contribution in [0.5, 0.6) is 0 Å². The molecule has 98 valence electrons. The number of ether oxygens (including phenoxy) is 1. The van der Waals surface area contributed by atoms with Crippen molar-refractivity contribution in [2.75, 3.05) is 0 Å². The van der Waals surface area contributed by atoms with Crippen molar-refractivity contribution in [2.24, 2.45) is 0 Å². The van der Waals surface area contributed by atoms with Crippen molar-refractivity contribution in [2.45, 2.75) is 39.5 Å². The number of nitrogens with zero attached hydrogens (tertiary/aromatic N) is 1. The Balaban J connectivity index is 2.11. The van der Waals surface area contributed by atoms with E-state index in [1.165, 1.54) is 16.2 Å². The van der Waals surface area contributed by atoms with Crippen molar-refractivity contribution in [1.82, 2.24) is 4.90 Å². The van der Waals surface area contributed by atoms with Crippen molar-refractivity contribution < 1.29 is 19.4 Å². The molecule has 0 radical (unpaired) electrons. The van der Waals surface area contributed by atoms with Crippen LogP contribution in [0.15, 0.2) is 5.38 Å². The topological polar surface area (TPSA) is 66.8 Å². The molecule has 1 aliphatic rings. The summed E-state index contributed by atoms with van der Waals surface area (Å²) in [6, 6.07) is 0. The monoisotopic (exact) mass is 269 g/mol. The van der Waals surface area contributed by atoms with Gasteiger partial charge >= 0.3 is 12.1 Å². The number of aromatic carboxylic acids is 1. The molecule has 0 aliphatic carbocycles. The molecule has 0 atom stereocenters. The Morgan fingerprint density at radius 2 is 2.06 bits per heavy atom. The van der Waals surface area contributed by atoms with Crippen LogP contribution in [-0.2, 0) is 17.8 Å². The van der Waals surface area contributed by atoms with Crippen LogP contribution in [0.4, 0.5) is 4.79 Å². The second kappa shape index (κ2) is 4.28. The first-order chi connectivity index (χ1) is 8.28. The van der Waals surface area contributed by atoms with Gasteiger partial charge in [-0.25, -0.2) is 9.59 Å². The molecule has 0 bridgehead atoms. The van der Waals surface area contributed by atoms with Crippen LogP contribution in [-0.4, -0.2) is 27.7 Å². The number of hydrogen-bond donors (Lipinski definition) is 1. The molecule has 0 fully saturated rings. The van der Waals surface area contributed by atoms with Gasteiger partial charge < -0.3 is 9.84 Å². The number of hydrogen-bond acceptors (Lipinski definition) is 4. The van der Waals surface area contributed by atoms with E-state index in [1.54, 1.807) is 26.2 Å². The first-order valence-electron chi connectivity index (χ1n) is 5.58. The van der Waals surface area contributed by atoms with Gasteiger partial charge in [0.1, 0.15) is 10.5 Å². The second-order valence-corrected chi connectivity index (χ2v) is 6.09. The van der Waals surface area contributed by atoms with E-state index < -0.39 is 17.7 Å². The molecule has 1 aromatic rings. The minimum Gasteiger partial charge on any atom is -0.477 e. The second-order valence-electron chi connectivity index (χ2n) is 5.21. The fraction of sp³-hybridized carbons (Fsp3) is 0.500. The highest BCUT2D eigenvalue weighted by Gasteiger charge is 2.31. The summed E-state index contributed by atoms with van der Waals surface area (Å²) in [5.41, 5.74) is 1.10. The maximum atomic E-state index is 11.9. The molecule has 2 rings (SSSR count). The van der Waals surface area contributed by atoms with E-state index in [1.807, 2.05) is 0 Å². The van der Waals surface area contributed by atoms with E-state index in [2.05, 4.69) is 0 Å². The molecule has 0 spiro atoms. The van der Waals surface area contributed by atoms with E-state index in [0.717, 1.165) is 11.1 Å². The highest BCUT2D eigenvalue weighted by atomic mass is 32.1. The van der Waals surface area contributed by atoms with Gasteiger partial charge in [0, 0.05) is 5.56 Å². The number of rotatable bonds is 1. The molecule has 18 heavy (non-hydrogen) atoms. The maximum Gasteiger partial charge on any atom is 0.410 e. The van der Waals surface area contributed by atoms with Gasteiger partial charge in [-0.05, 0) is 31.7 Å². The number of fused-ring (bicyclic) bond motifs is 1. The van der Waals surface area contributed by atoms with Gasteiger partial charge in [-0.3, -0.25) is 4.90 Å². The molecule has 1 N–H and O–H groups in total. The molecule has 1 amide bonds.